The molecule has 0 aliphatic rings. The molecule has 5 nitrogen and oxygen atoms in total. The lowest BCUT2D eigenvalue weighted by Gasteiger charge is -1.90. The zero-order chi connectivity index (χ0) is 7.44. The van der Waals surface area contributed by atoms with Gasteiger partial charge in [-0.3, -0.25) is 9.59 Å². The first-order valence-electron chi connectivity index (χ1n) is 2.01. The molecule has 0 radical (unpaired) electrons. The van der Waals surface area contributed by atoms with Crippen LogP contribution in [0.3, 0.4) is 0 Å². The smallest absolute Gasteiger partial charge is 0.384 e. The fourth-order valence-electron chi connectivity index (χ4n) is 0.193. The Labute approximate surface area is 50.8 Å². The van der Waals surface area contributed by atoms with Crippen LogP contribution >= 0.6 is 0 Å². The molecule has 1 amide bonds. The van der Waals surface area contributed by atoms with Gasteiger partial charge in [-0.1, -0.05) is 0 Å². The zero-order valence-corrected chi connectivity index (χ0v) is 4.71. The standard InChI is InChI=1S/C4H5NO4/c1-9-4(8)2(6)3(5)7/h1H3,(H2,5,7). The molecule has 5 heteroatoms. The van der Waals surface area contributed by atoms with Gasteiger partial charge in [0.15, 0.2) is 0 Å². The van der Waals surface area contributed by atoms with Gasteiger partial charge in [-0.15, -0.1) is 0 Å². The maximum Gasteiger partial charge on any atom is 0.384 e. The molecule has 0 atom stereocenters. The van der Waals surface area contributed by atoms with Gasteiger partial charge in [-0.25, -0.2) is 4.79 Å². The molecule has 0 rings (SSSR count). The lowest BCUT2D eigenvalue weighted by Crippen LogP contribution is -2.31. The second-order valence-electron chi connectivity index (χ2n) is 1.18. The summed E-state index contributed by atoms with van der Waals surface area (Å²) in [5.41, 5.74) is 4.42. The predicted octanol–water partition coefficient (Wildman–Crippen LogP) is -1.79. The second kappa shape index (κ2) is 2.81. The third-order valence-corrected chi connectivity index (χ3v) is 0.595. The number of esters is 1. The molecule has 2 N–H and O–H groups in total. The van der Waals surface area contributed by atoms with Crippen LogP contribution in [0.15, 0.2) is 0 Å². The Bertz CT molecular complexity index is 162. The summed E-state index contributed by atoms with van der Waals surface area (Å²) in [6.07, 6.45) is 0. The van der Waals surface area contributed by atoms with Crippen molar-refractivity contribution in [1.82, 2.24) is 0 Å². The normalized spacial score (nSPS) is 8.11. The van der Waals surface area contributed by atoms with Gasteiger partial charge in [0.1, 0.15) is 0 Å². The highest BCUT2D eigenvalue weighted by Crippen LogP contribution is 1.74. The zero-order valence-electron chi connectivity index (χ0n) is 4.71. The van der Waals surface area contributed by atoms with Gasteiger partial charge in [0.05, 0.1) is 7.11 Å². The molecular weight excluding hydrogens is 126 g/mol. The molecule has 0 spiro atoms. The van der Waals surface area contributed by atoms with Crippen LogP contribution in [-0.2, 0) is 19.1 Å². The Morgan fingerprint density at radius 1 is 1.33 bits per heavy atom. The minimum Gasteiger partial charge on any atom is -0.463 e. The quantitative estimate of drug-likeness (QED) is 0.272. The summed E-state index contributed by atoms with van der Waals surface area (Å²) < 4.78 is 3.88. The van der Waals surface area contributed by atoms with Crippen LogP contribution in [-0.4, -0.2) is 24.8 Å². The summed E-state index contributed by atoms with van der Waals surface area (Å²) >= 11 is 0. The van der Waals surface area contributed by atoms with E-state index in [1.807, 2.05) is 0 Å². The van der Waals surface area contributed by atoms with Gasteiger partial charge >= 0.3 is 11.8 Å². The first-order valence-corrected chi connectivity index (χ1v) is 2.01. The van der Waals surface area contributed by atoms with E-state index in [1.165, 1.54) is 0 Å². The summed E-state index contributed by atoms with van der Waals surface area (Å²) in [4.78, 5) is 30.1. The maximum atomic E-state index is 10.1. The van der Waals surface area contributed by atoms with Crippen molar-refractivity contribution in [2.24, 2.45) is 5.73 Å². The molecule has 0 heterocycles. The number of hydrogen-bond donors (Lipinski definition) is 1. The summed E-state index contributed by atoms with van der Waals surface area (Å²) in [5, 5.41) is 0. The van der Waals surface area contributed by atoms with E-state index in [4.69, 9.17) is 0 Å². The molecule has 0 aromatic heterocycles. The fourth-order valence-corrected chi connectivity index (χ4v) is 0.193. The minimum absolute atomic E-state index is 0.989. The molecule has 50 valence electrons. The fraction of sp³-hybridized carbons (Fsp3) is 0.250. The van der Waals surface area contributed by atoms with Crippen LogP contribution in [0.1, 0.15) is 0 Å². The molecule has 0 unspecified atom stereocenters. The van der Waals surface area contributed by atoms with Crippen molar-refractivity contribution in [3.63, 3.8) is 0 Å². The Kier molecular flexibility index (Phi) is 2.37. The monoisotopic (exact) mass is 131 g/mol. The number of primary amides is 1. The lowest BCUT2D eigenvalue weighted by atomic mass is 10.4. The number of rotatable bonds is 2. The third-order valence-electron chi connectivity index (χ3n) is 0.595. The van der Waals surface area contributed by atoms with Crippen molar-refractivity contribution in [2.75, 3.05) is 7.11 Å². The topological polar surface area (TPSA) is 86.5 Å². The number of Topliss-reactive ketones (excluding diaryl/α,β-unsaturated/α-hetero) is 1. The van der Waals surface area contributed by atoms with Gasteiger partial charge in [-0.2, -0.15) is 0 Å². The number of hydrogen-bond acceptors (Lipinski definition) is 4. The van der Waals surface area contributed by atoms with E-state index in [-0.39, 0.29) is 0 Å². The number of nitrogens with two attached hydrogens (primary N) is 1. The van der Waals surface area contributed by atoms with Crippen LogP contribution in [0.25, 0.3) is 0 Å². The van der Waals surface area contributed by atoms with Gasteiger partial charge in [0, 0.05) is 0 Å². The van der Waals surface area contributed by atoms with Crippen LogP contribution in [0, 0.1) is 0 Å². The second-order valence-corrected chi connectivity index (χ2v) is 1.18. The molecule has 0 aromatic carbocycles. The number of amides is 1. The first kappa shape index (κ1) is 7.61. The highest BCUT2D eigenvalue weighted by molar-refractivity contribution is 6.61. The molecule has 0 saturated heterocycles. The van der Waals surface area contributed by atoms with E-state index in [1.54, 1.807) is 0 Å². The summed E-state index contributed by atoms with van der Waals surface area (Å²) in [6.45, 7) is 0. The highest BCUT2D eigenvalue weighted by Gasteiger charge is 2.19. The average Bonchev–Trinajstić information content (AvgIpc) is 1.84. The van der Waals surface area contributed by atoms with Crippen LogP contribution in [0.4, 0.5) is 0 Å². The summed E-state index contributed by atoms with van der Waals surface area (Å²) in [7, 11) is 0.989. The lowest BCUT2D eigenvalue weighted by molar-refractivity contribution is -0.154. The largest absolute Gasteiger partial charge is 0.463 e. The van der Waals surface area contributed by atoms with Crippen molar-refractivity contribution in [3.05, 3.63) is 0 Å². The van der Waals surface area contributed by atoms with E-state index in [9.17, 15) is 14.4 Å². The van der Waals surface area contributed by atoms with Crippen LogP contribution < -0.4 is 5.73 Å². The molecule has 0 aliphatic heterocycles. The molecule has 0 aliphatic carbocycles. The third kappa shape index (κ3) is 1.89. The number of carbonyl (C=O) groups is 3. The Morgan fingerprint density at radius 2 is 1.78 bits per heavy atom. The maximum absolute atomic E-state index is 10.1. The molecule has 0 bridgehead atoms. The summed E-state index contributed by atoms with van der Waals surface area (Å²) in [6, 6.07) is 0. The average molecular weight is 131 g/mol. The Hall–Kier alpha value is -1.39. The van der Waals surface area contributed by atoms with E-state index < -0.39 is 17.7 Å². The van der Waals surface area contributed by atoms with Crippen molar-refractivity contribution in [3.8, 4) is 0 Å². The van der Waals surface area contributed by atoms with Crippen LogP contribution in [0.5, 0.6) is 0 Å². The molecule has 0 fully saturated rings. The van der Waals surface area contributed by atoms with Gasteiger partial charge in [0.25, 0.3) is 5.91 Å². The van der Waals surface area contributed by atoms with Crippen molar-refractivity contribution < 1.29 is 19.1 Å². The van der Waals surface area contributed by atoms with Crippen molar-refractivity contribution in [1.29, 1.82) is 0 Å². The molecular formula is C4H5NO4. The van der Waals surface area contributed by atoms with Crippen LogP contribution in [0.2, 0.25) is 0 Å². The number of methoxy groups -OCH3 is 1. The van der Waals surface area contributed by atoms with Crippen molar-refractivity contribution >= 4 is 17.7 Å². The van der Waals surface area contributed by atoms with Gasteiger partial charge in [-0.05, 0) is 0 Å². The number of ether oxygens (including phenoxy) is 1. The van der Waals surface area contributed by atoms with E-state index in [2.05, 4.69) is 10.5 Å². The number of ketones is 1. The van der Waals surface area contributed by atoms with Gasteiger partial charge < -0.3 is 10.5 Å². The highest BCUT2D eigenvalue weighted by atomic mass is 16.5. The van der Waals surface area contributed by atoms with Gasteiger partial charge in [0.2, 0.25) is 0 Å². The molecule has 9 heavy (non-hydrogen) atoms. The molecule has 0 aromatic rings. The van der Waals surface area contributed by atoms with E-state index in [0.717, 1.165) is 7.11 Å². The summed E-state index contributed by atoms with van der Waals surface area (Å²) in [5.74, 6) is -3.87. The van der Waals surface area contributed by atoms with Crippen molar-refractivity contribution in [2.45, 2.75) is 0 Å². The minimum atomic E-state index is -1.34. The Balaban J connectivity index is 4.05. The predicted molar refractivity (Wildman–Crippen MR) is 26.2 cm³/mol. The first-order chi connectivity index (χ1) is 4.09. The Morgan fingerprint density at radius 3 is 1.89 bits per heavy atom. The number of carbonyl (C=O) groups excluding carboxylic acids is 3. The van der Waals surface area contributed by atoms with E-state index in [0.29, 0.717) is 0 Å². The SMILES string of the molecule is COC(=O)C(=O)C(N)=O. The van der Waals surface area contributed by atoms with E-state index >= 15 is 0 Å². The molecule has 0 saturated carbocycles.